The molecule has 3 amide bonds. The molecule has 0 aromatic rings. The Morgan fingerprint density at radius 3 is 2.75 bits per heavy atom. The topological polar surface area (TPSA) is 73.5 Å². The molecular weight excluding hydrogens is 256 g/mol. The lowest BCUT2D eigenvalue weighted by atomic mass is 10.1. The minimum atomic E-state index is -0.448. The Labute approximate surface area is 121 Å². The monoisotopic (exact) mass is 284 g/mol. The molecule has 0 spiro atoms. The molecule has 116 valence electrons. The van der Waals surface area contributed by atoms with E-state index in [1.165, 1.54) is 13.5 Å². The molecule has 1 saturated heterocycles. The molecule has 0 aliphatic carbocycles. The highest BCUT2D eigenvalue weighted by Crippen LogP contribution is 2.10. The number of rotatable bonds is 7. The van der Waals surface area contributed by atoms with Gasteiger partial charge in [0.25, 0.3) is 0 Å². The quantitative estimate of drug-likeness (QED) is 0.643. The number of amides is 3. The highest BCUT2D eigenvalue weighted by Gasteiger charge is 2.25. The number of imide groups is 1. The third-order valence-corrected chi connectivity index (χ3v) is 3.81. The van der Waals surface area contributed by atoms with Gasteiger partial charge < -0.3 is 10.6 Å². The van der Waals surface area contributed by atoms with Crippen LogP contribution in [0.1, 0.15) is 39.5 Å². The summed E-state index contributed by atoms with van der Waals surface area (Å²) in [5.41, 5.74) is 0. The van der Waals surface area contributed by atoms with Crippen LogP contribution in [0.15, 0.2) is 0 Å². The van der Waals surface area contributed by atoms with Gasteiger partial charge in [0.05, 0.1) is 6.04 Å². The molecular formula is C14H28N4O2. The number of carbonyl (C=O) groups excluding carboxylic acids is 2. The number of hydrogen-bond donors (Lipinski definition) is 3. The SMILES string of the molecule is CCCCN(CC1CCCN1)C(C)C(=O)NC(=O)NC. The molecule has 0 aromatic heterocycles. The maximum absolute atomic E-state index is 12.1. The molecule has 1 aliphatic rings. The molecule has 0 radical (unpaired) electrons. The van der Waals surface area contributed by atoms with Crippen molar-refractivity contribution in [1.82, 2.24) is 20.9 Å². The van der Waals surface area contributed by atoms with Crippen molar-refractivity contribution in [1.29, 1.82) is 0 Å². The summed E-state index contributed by atoms with van der Waals surface area (Å²) < 4.78 is 0. The van der Waals surface area contributed by atoms with E-state index in [2.05, 4.69) is 27.8 Å². The summed E-state index contributed by atoms with van der Waals surface area (Å²) in [5.74, 6) is -0.238. The zero-order valence-electron chi connectivity index (χ0n) is 12.9. The minimum absolute atomic E-state index is 0.238. The predicted octanol–water partition coefficient (Wildman–Crippen LogP) is 0.685. The summed E-state index contributed by atoms with van der Waals surface area (Å²) in [6.45, 7) is 6.81. The van der Waals surface area contributed by atoms with Crippen molar-refractivity contribution >= 4 is 11.9 Å². The van der Waals surface area contributed by atoms with Gasteiger partial charge in [-0.3, -0.25) is 15.0 Å². The maximum Gasteiger partial charge on any atom is 0.321 e. The van der Waals surface area contributed by atoms with Gasteiger partial charge >= 0.3 is 6.03 Å². The number of unbranched alkanes of at least 4 members (excludes halogenated alkanes) is 1. The molecule has 2 unspecified atom stereocenters. The van der Waals surface area contributed by atoms with Crippen LogP contribution >= 0.6 is 0 Å². The molecule has 1 aliphatic heterocycles. The summed E-state index contributed by atoms with van der Waals surface area (Å²) in [4.78, 5) is 25.5. The lowest BCUT2D eigenvalue weighted by Crippen LogP contribution is -2.51. The summed E-state index contributed by atoms with van der Waals surface area (Å²) >= 11 is 0. The van der Waals surface area contributed by atoms with Crippen LogP contribution in [0.4, 0.5) is 4.79 Å². The fourth-order valence-electron chi connectivity index (χ4n) is 2.44. The van der Waals surface area contributed by atoms with Crippen molar-refractivity contribution in [3.63, 3.8) is 0 Å². The lowest BCUT2D eigenvalue weighted by Gasteiger charge is -2.30. The van der Waals surface area contributed by atoms with Gasteiger partial charge in [-0.1, -0.05) is 13.3 Å². The Balaban J connectivity index is 2.54. The van der Waals surface area contributed by atoms with Crippen LogP contribution in [0.3, 0.4) is 0 Å². The van der Waals surface area contributed by atoms with E-state index in [0.717, 1.165) is 38.9 Å². The van der Waals surface area contributed by atoms with E-state index in [9.17, 15) is 9.59 Å². The normalized spacial score (nSPS) is 19.9. The first-order chi connectivity index (χ1) is 9.58. The third kappa shape index (κ3) is 5.46. The first-order valence-corrected chi connectivity index (χ1v) is 7.58. The van der Waals surface area contributed by atoms with Crippen molar-refractivity contribution in [3.8, 4) is 0 Å². The largest absolute Gasteiger partial charge is 0.341 e. The van der Waals surface area contributed by atoms with Gasteiger partial charge in [-0.2, -0.15) is 0 Å². The van der Waals surface area contributed by atoms with Crippen LogP contribution in [0, 0.1) is 0 Å². The Bertz CT molecular complexity index is 316. The van der Waals surface area contributed by atoms with Crippen LogP contribution in [0.25, 0.3) is 0 Å². The van der Waals surface area contributed by atoms with Crippen molar-refractivity contribution < 1.29 is 9.59 Å². The minimum Gasteiger partial charge on any atom is -0.341 e. The molecule has 3 N–H and O–H groups in total. The zero-order valence-corrected chi connectivity index (χ0v) is 12.9. The Morgan fingerprint density at radius 2 is 2.20 bits per heavy atom. The fourth-order valence-corrected chi connectivity index (χ4v) is 2.44. The third-order valence-electron chi connectivity index (χ3n) is 3.81. The molecule has 6 nitrogen and oxygen atoms in total. The zero-order chi connectivity index (χ0) is 15.0. The Kier molecular flexibility index (Phi) is 7.54. The van der Waals surface area contributed by atoms with Gasteiger partial charge in [0.2, 0.25) is 5.91 Å². The second-order valence-electron chi connectivity index (χ2n) is 5.39. The molecule has 2 atom stereocenters. The average molecular weight is 284 g/mol. The molecule has 6 heteroatoms. The lowest BCUT2D eigenvalue weighted by molar-refractivity contribution is -0.124. The van der Waals surface area contributed by atoms with Crippen molar-refractivity contribution in [2.24, 2.45) is 0 Å². The predicted molar refractivity (Wildman–Crippen MR) is 79.6 cm³/mol. The van der Waals surface area contributed by atoms with Gasteiger partial charge in [0, 0.05) is 19.6 Å². The molecule has 1 rings (SSSR count). The average Bonchev–Trinajstić information content (AvgIpc) is 2.95. The first-order valence-electron chi connectivity index (χ1n) is 7.58. The number of nitrogens with zero attached hydrogens (tertiary/aromatic N) is 1. The van der Waals surface area contributed by atoms with Crippen LogP contribution < -0.4 is 16.0 Å². The van der Waals surface area contributed by atoms with Crippen LogP contribution in [0.2, 0.25) is 0 Å². The van der Waals surface area contributed by atoms with Crippen molar-refractivity contribution in [3.05, 3.63) is 0 Å². The first kappa shape index (κ1) is 16.9. The second-order valence-corrected chi connectivity index (χ2v) is 5.39. The smallest absolute Gasteiger partial charge is 0.321 e. The van der Waals surface area contributed by atoms with Crippen LogP contribution in [0.5, 0.6) is 0 Å². The molecule has 1 heterocycles. The van der Waals surface area contributed by atoms with E-state index < -0.39 is 6.03 Å². The van der Waals surface area contributed by atoms with Gasteiger partial charge in [0.1, 0.15) is 0 Å². The van der Waals surface area contributed by atoms with Crippen LogP contribution in [-0.2, 0) is 4.79 Å². The van der Waals surface area contributed by atoms with E-state index >= 15 is 0 Å². The molecule has 1 fully saturated rings. The number of hydrogen-bond acceptors (Lipinski definition) is 4. The molecule has 20 heavy (non-hydrogen) atoms. The van der Waals surface area contributed by atoms with Gasteiger partial charge in [-0.25, -0.2) is 4.79 Å². The summed E-state index contributed by atoms with van der Waals surface area (Å²) in [6, 6.07) is -0.278. The van der Waals surface area contributed by atoms with Gasteiger partial charge in [-0.15, -0.1) is 0 Å². The number of urea groups is 1. The van der Waals surface area contributed by atoms with E-state index in [1.54, 1.807) is 0 Å². The van der Waals surface area contributed by atoms with Gasteiger partial charge in [-0.05, 0) is 39.3 Å². The second kappa shape index (κ2) is 8.92. The highest BCUT2D eigenvalue weighted by molar-refractivity contribution is 5.96. The highest BCUT2D eigenvalue weighted by atomic mass is 16.2. The van der Waals surface area contributed by atoms with Crippen LogP contribution in [-0.4, -0.2) is 55.6 Å². The van der Waals surface area contributed by atoms with E-state index in [1.807, 2.05) is 6.92 Å². The standard InChI is InChI=1S/C14H28N4O2/c1-4-5-9-18(10-12-7-6-8-16-12)11(2)13(19)17-14(20)15-3/h11-12,16H,4-10H2,1-3H3,(H2,15,17,19,20). The van der Waals surface area contributed by atoms with E-state index in [0.29, 0.717) is 6.04 Å². The molecule has 0 saturated carbocycles. The van der Waals surface area contributed by atoms with E-state index in [-0.39, 0.29) is 11.9 Å². The number of carbonyl (C=O) groups is 2. The summed E-state index contributed by atoms with van der Waals surface area (Å²) in [5, 5.41) is 8.22. The number of nitrogens with one attached hydrogen (secondary N) is 3. The van der Waals surface area contributed by atoms with Crippen molar-refractivity contribution in [2.75, 3.05) is 26.7 Å². The summed E-state index contributed by atoms with van der Waals surface area (Å²) in [6.07, 6.45) is 4.51. The molecule has 0 bridgehead atoms. The maximum atomic E-state index is 12.1. The van der Waals surface area contributed by atoms with Gasteiger partial charge in [0.15, 0.2) is 0 Å². The molecule has 0 aromatic carbocycles. The van der Waals surface area contributed by atoms with E-state index in [4.69, 9.17) is 0 Å². The Hall–Kier alpha value is -1.14. The summed E-state index contributed by atoms with van der Waals surface area (Å²) in [7, 11) is 1.50. The van der Waals surface area contributed by atoms with Crippen molar-refractivity contribution in [2.45, 2.75) is 51.6 Å². The fraction of sp³-hybridized carbons (Fsp3) is 0.857. The Morgan fingerprint density at radius 1 is 1.45 bits per heavy atom.